The molecule has 0 amide bonds. The van der Waals surface area contributed by atoms with Crippen LogP contribution in [0.1, 0.15) is 303 Å². The van der Waals surface area contributed by atoms with Gasteiger partial charge in [-0.05, 0) is 77.0 Å². The second-order valence-corrected chi connectivity index (χ2v) is 20.6. The van der Waals surface area contributed by atoms with Crippen molar-refractivity contribution in [2.24, 2.45) is 0 Å². The maximum absolute atomic E-state index is 12.8. The average molecular weight is 1020 g/mol. The number of rotatable bonds is 56. The van der Waals surface area contributed by atoms with Crippen LogP contribution < -0.4 is 0 Å². The highest BCUT2D eigenvalue weighted by molar-refractivity contribution is 5.71. The molecule has 0 bridgehead atoms. The minimum Gasteiger partial charge on any atom is -0.462 e. The number of carbonyl (C=O) groups excluding carboxylic acids is 3. The van der Waals surface area contributed by atoms with Gasteiger partial charge in [0.05, 0.1) is 0 Å². The fourth-order valence-corrected chi connectivity index (χ4v) is 8.78. The number of allylic oxidation sites excluding steroid dienone is 14. The highest BCUT2D eigenvalue weighted by atomic mass is 16.6. The minimum atomic E-state index is -0.773. The van der Waals surface area contributed by atoms with Gasteiger partial charge in [0.25, 0.3) is 0 Å². The van der Waals surface area contributed by atoms with E-state index in [-0.39, 0.29) is 31.1 Å². The molecule has 0 aromatic carbocycles. The summed E-state index contributed by atoms with van der Waals surface area (Å²) < 4.78 is 16.8. The van der Waals surface area contributed by atoms with Crippen molar-refractivity contribution in [2.45, 2.75) is 309 Å². The minimum absolute atomic E-state index is 0.0748. The van der Waals surface area contributed by atoms with Crippen molar-refractivity contribution in [3.05, 3.63) is 85.1 Å². The van der Waals surface area contributed by atoms with Gasteiger partial charge in [-0.3, -0.25) is 14.4 Å². The molecule has 0 rings (SSSR count). The van der Waals surface area contributed by atoms with E-state index in [2.05, 4.69) is 106 Å². The Labute approximate surface area is 452 Å². The highest BCUT2D eigenvalue weighted by Crippen LogP contribution is 2.17. The van der Waals surface area contributed by atoms with E-state index in [0.717, 1.165) is 109 Å². The second kappa shape index (κ2) is 61.1. The quantitative estimate of drug-likeness (QED) is 0.0261. The van der Waals surface area contributed by atoms with Crippen LogP contribution in [0.5, 0.6) is 0 Å². The predicted molar refractivity (Wildman–Crippen MR) is 316 cm³/mol. The zero-order chi connectivity index (χ0) is 52.9. The van der Waals surface area contributed by atoms with Gasteiger partial charge in [0.1, 0.15) is 13.2 Å². The first-order valence-corrected chi connectivity index (χ1v) is 31.1. The van der Waals surface area contributed by atoms with Gasteiger partial charge in [0, 0.05) is 19.3 Å². The van der Waals surface area contributed by atoms with E-state index in [9.17, 15) is 14.4 Å². The van der Waals surface area contributed by atoms with Crippen LogP contribution in [0.4, 0.5) is 0 Å². The first kappa shape index (κ1) is 69.6. The number of carbonyl (C=O) groups is 3. The SMILES string of the molecule is CC/C=C\C/C=C\C/C=C\C/C=C\C/C=C\C/C=C\C/C=C\CCCCCCCCCCCC(=O)OCC(COC(=O)CCCCCCCC)OC(=O)CCCCCCCCCCCCCCCCCCCC. The first-order valence-electron chi connectivity index (χ1n) is 31.1. The van der Waals surface area contributed by atoms with Crippen LogP contribution in [0.15, 0.2) is 85.1 Å². The van der Waals surface area contributed by atoms with Crippen molar-refractivity contribution in [3.63, 3.8) is 0 Å². The Bertz CT molecular complexity index is 1400. The van der Waals surface area contributed by atoms with Crippen LogP contribution in [0.2, 0.25) is 0 Å². The van der Waals surface area contributed by atoms with Crippen molar-refractivity contribution >= 4 is 17.9 Å². The molecule has 0 fully saturated rings. The zero-order valence-electron chi connectivity index (χ0n) is 48.1. The monoisotopic (exact) mass is 1020 g/mol. The standard InChI is InChI=1S/C67H116O6/c1-4-7-10-13-16-18-20-22-24-26-28-29-30-31-32-33-34-35-36-37-38-39-40-42-43-45-47-49-51-54-57-60-66(69)72-63-64(62-71-65(68)59-56-53-15-12-9-6-3)73-67(70)61-58-55-52-50-48-46-44-41-27-25-23-21-19-17-14-11-8-5-2/h7,10,16,18,22,24,28-29,31-32,34-35,37-38,64H,4-6,8-9,11-15,17,19-21,23,25-27,30,33,36,39-63H2,1-3H3/b10-7-,18-16-,24-22-,29-28-,32-31-,35-34-,38-37-. The maximum atomic E-state index is 12.8. The summed E-state index contributed by atoms with van der Waals surface area (Å²) in [4.78, 5) is 38.0. The first-order chi connectivity index (χ1) is 36.0. The van der Waals surface area contributed by atoms with Gasteiger partial charge in [-0.15, -0.1) is 0 Å². The summed E-state index contributed by atoms with van der Waals surface area (Å²) in [5.41, 5.74) is 0. The van der Waals surface area contributed by atoms with Gasteiger partial charge in [0.15, 0.2) is 6.10 Å². The predicted octanol–water partition coefficient (Wildman–Crippen LogP) is 21.1. The molecule has 0 saturated heterocycles. The van der Waals surface area contributed by atoms with Gasteiger partial charge in [-0.1, -0.05) is 292 Å². The number of hydrogen-bond donors (Lipinski definition) is 0. The van der Waals surface area contributed by atoms with Crippen molar-refractivity contribution in [2.75, 3.05) is 13.2 Å². The summed E-state index contributed by atoms with van der Waals surface area (Å²) in [5, 5.41) is 0. The van der Waals surface area contributed by atoms with Gasteiger partial charge in [-0.25, -0.2) is 0 Å². The Hall–Kier alpha value is -3.41. The van der Waals surface area contributed by atoms with Crippen molar-refractivity contribution in [1.29, 1.82) is 0 Å². The molecule has 0 aliphatic rings. The molecule has 6 nitrogen and oxygen atoms in total. The van der Waals surface area contributed by atoms with Crippen LogP contribution in [-0.4, -0.2) is 37.2 Å². The molecular formula is C67H116O6. The Balaban J connectivity index is 4.09. The topological polar surface area (TPSA) is 78.9 Å². The molecule has 0 N–H and O–H groups in total. The van der Waals surface area contributed by atoms with Crippen molar-refractivity contribution in [3.8, 4) is 0 Å². The van der Waals surface area contributed by atoms with Crippen LogP contribution >= 0.6 is 0 Å². The lowest BCUT2D eigenvalue weighted by Crippen LogP contribution is -2.30. The smallest absolute Gasteiger partial charge is 0.306 e. The maximum Gasteiger partial charge on any atom is 0.306 e. The lowest BCUT2D eigenvalue weighted by Gasteiger charge is -2.18. The molecule has 420 valence electrons. The molecule has 0 spiro atoms. The molecule has 0 aromatic heterocycles. The van der Waals surface area contributed by atoms with E-state index in [1.807, 2.05) is 0 Å². The average Bonchev–Trinajstić information content (AvgIpc) is 3.39. The largest absolute Gasteiger partial charge is 0.462 e. The summed E-state index contributed by atoms with van der Waals surface area (Å²) in [6, 6.07) is 0. The van der Waals surface area contributed by atoms with E-state index < -0.39 is 6.10 Å². The fraction of sp³-hybridized carbons (Fsp3) is 0.746. The third kappa shape index (κ3) is 59.3. The highest BCUT2D eigenvalue weighted by Gasteiger charge is 2.19. The molecular weight excluding hydrogens is 901 g/mol. The summed E-state index contributed by atoms with van der Waals surface area (Å²) in [6.45, 7) is 6.49. The second-order valence-electron chi connectivity index (χ2n) is 20.6. The Kier molecular flexibility index (Phi) is 58.3. The summed E-state index contributed by atoms with van der Waals surface area (Å²) >= 11 is 0. The van der Waals surface area contributed by atoms with E-state index in [4.69, 9.17) is 14.2 Å². The van der Waals surface area contributed by atoms with Gasteiger partial charge in [0.2, 0.25) is 0 Å². The van der Waals surface area contributed by atoms with Crippen LogP contribution in [0.3, 0.4) is 0 Å². The molecule has 0 radical (unpaired) electrons. The van der Waals surface area contributed by atoms with Crippen molar-refractivity contribution < 1.29 is 28.6 Å². The normalized spacial score (nSPS) is 12.6. The molecule has 73 heavy (non-hydrogen) atoms. The number of unbranched alkanes of at least 4 members (excludes halogenated alkanes) is 31. The fourth-order valence-electron chi connectivity index (χ4n) is 8.78. The molecule has 1 atom stereocenters. The Morgan fingerprint density at radius 3 is 0.836 bits per heavy atom. The lowest BCUT2D eigenvalue weighted by molar-refractivity contribution is -0.167. The van der Waals surface area contributed by atoms with Gasteiger partial charge in [-0.2, -0.15) is 0 Å². The number of ether oxygens (including phenoxy) is 3. The van der Waals surface area contributed by atoms with E-state index in [1.54, 1.807) is 0 Å². The molecule has 1 unspecified atom stereocenters. The van der Waals surface area contributed by atoms with E-state index in [1.165, 1.54) is 154 Å². The molecule has 0 aliphatic heterocycles. The summed E-state index contributed by atoms with van der Waals surface area (Å²) in [5.74, 6) is -0.879. The number of hydrogen-bond acceptors (Lipinski definition) is 6. The third-order valence-corrected chi connectivity index (χ3v) is 13.4. The van der Waals surface area contributed by atoms with Gasteiger partial charge < -0.3 is 14.2 Å². The van der Waals surface area contributed by atoms with Gasteiger partial charge >= 0.3 is 17.9 Å². The van der Waals surface area contributed by atoms with Crippen LogP contribution in [0.25, 0.3) is 0 Å². The molecule has 0 heterocycles. The Morgan fingerprint density at radius 1 is 0.288 bits per heavy atom. The zero-order valence-corrected chi connectivity index (χ0v) is 48.1. The molecule has 0 aliphatic carbocycles. The van der Waals surface area contributed by atoms with E-state index >= 15 is 0 Å². The summed E-state index contributed by atoms with van der Waals surface area (Å²) in [6.07, 6.45) is 80.5. The van der Waals surface area contributed by atoms with Crippen LogP contribution in [0, 0.1) is 0 Å². The third-order valence-electron chi connectivity index (χ3n) is 13.4. The van der Waals surface area contributed by atoms with E-state index in [0.29, 0.717) is 19.3 Å². The lowest BCUT2D eigenvalue weighted by atomic mass is 10.0. The molecule has 0 aromatic rings. The summed E-state index contributed by atoms with van der Waals surface area (Å²) in [7, 11) is 0. The molecule has 6 heteroatoms. The number of esters is 3. The molecule has 0 saturated carbocycles. The van der Waals surface area contributed by atoms with Crippen molar-refractivity contribution in [1.82, 2.24) is 0 Å². The van der Waals surface area contributed by atoms with Crippen LogP contribution in [-0.2, 0) is 28.6 Å². The Morgan fingerprint density at radius 2 is 0.534 bits per heavy atom.